The number of nitrogens with one attached hydrogen (secondary N) is 1. The molecule has 254 valence electrons. The number of fused-ring (bicyclic) bond motifs is 3. The molecule has 1 atom stereocenters. The summed E-state index contributed by atoms with van der Waals surface area (Å²) in [6.45, 7) is 11.1. The zero-order valence-electron chi connectivity index (χ0n) is 28.7. The second-order valence-electron chi connectivity index (χ2n) is 12.2. The quantitative estimate of drug-likeness (QED) is 0.195. The number of halogens is 1. The number of rotatable bonds is 10. The maximum Gasteiger partial charge on any atom is 0.246 e. The van der Waals surface area contributed by atoms with Crippen molar-refractivity contribution in [2.24, 2.45) is 10.1 Å². The lowest BCUT2D eigenvalue weighted by molar-refractivity contribution is -0.127. The number of anilines is 2. The van der Waals surface area contributed by atoms with Crippen molar-refractivity contribution in [1.82, 2.24) is 14.8 Å². The molecule has 1 fully saturated rings. The molecule has 1 N–H and O–H groups in total. The van der Waals surface area contributed by atoms with Gasteiger partial charge in [0.15, 0.2) is 11.6 Å². The van der Waals surface area contributed by atoms with Gasteiger partial charge in [0.1, 0.15) is 24.0 Å². The maximum atomic E-state index is 16.0. The number of aliphatic imine (C=N–C) groups is 1. The van der Waals surface area contributed by atoms with Crippen LogP contribution in [0.1, 0.15) is 37.0 Å². The molecule has 0 bridgehead atoms. The molecule has 3 heterocycles. The second-order valence-corrected chi connectivity index (χ2v) is 12.2. The summed E-state index contributed by atoms with van der Waals surface area (Å²) in [6.07, 6.45) is 15.3. The summed E-state index contributed by atoms with van der Waals surface area (Å²) in [4.78, 5) is 23.9. The highest BCUT2D eigenvalue weighted by molar-refractivity contribution is 6.12. The number of aryl methyl sites for hydroxylation is 1. The van der Waals surface area contributed by atoms with Crippen molar-refractivity contribution in [3.63, 3.8) is 0 Å². The van der Waals surface area contributed by atoms with E-state index < -0.39 is 5.82 Å². The predicted molar refractivity (Wildman–Crippen MR) is 192 cm³/mol. The lowest BCUT2D eigenvalue weighted by atomic mass is 10.00. The van der Waals surface area contributed by atoms with E-state index in [4.69, 9.17) is 14.5 Å². The molecule has 0 spiro atoms. The van der Waals surface area contributed by atoms with Crippen LogP contribution in [-0.2, 0) is 4.79 Å². The third-order valence-corrected chi connectivity index (χ3v) is 8.35. The van der Waals surface area contributed by atoms with Crippen molar-refractivity contribution < 1.29 is 18.7 Å². The van der Waals surface area contributed by atoms with Gasteiger partial charge in [0, 0.05) is 56.4 Å². The van der Waals surface area contributed by atoms with Gasteiger partial charge >= 0.3 is 0 Å². The standard InChI is InChI=1S/C37H46FN7O3/c1-7-9-18-39-37(41-30-13-15-32(27(4)35(30)38)48-29-16-20-44(21-17-29)40-8-2)34-26(3)12-14-31-36(34)47-25-28-24-43(22-23-45(28)31)33(46)11-10-19-42(5)6/h8-18,20,28H,7,19,21-25H2,1-6H3,(H,39,41)/b11-10+,18-9+,40-8-. The van der Waals surface area contributed by atoms with Gasteiger partial charge in [-0.05, 0) is 77.2 Å². The smallest absolute Gasteiger partial charge is 0.246 e. The van der Waals surface area contributed by atoms with E-state index in [9.17, 15) is 4.79 Å². The zero-order chi connectivity index (χ0) is 34.2. The number of likely N-dealkylation sites (N-methyl/N-ethyl adjacent to an activating group) is 1. The highest BCUT2D eigenvalue weighted by atomic mass is 19.1. The molecule has 3 aliphatic heterocycles. The SMILES string of the molecule is C/C=N\N1C=CC(Oc2ccc(NC(=N/C=C/CC)c3c(C)ccc4c3OCC3CN(C(=O)/C=C/CN(C)C)CCN43)c(F)c2C)=CC1. The Morgan fingerprint density at radius 2 is 2.02 bits per heavy atom. The van der Waals surface area contributed by atoms with Crippen LogP contribution in [0, 0.1) is 19.7 Å². The average Bonchev–Trinajstić information content (AvgIpc) is 3.08. The molecule has 10 nitrogen and oxygen atoms in total. The summed E-state index contributed by atoms with van der Waals surface area (Å²) in [5, 5.41) is 9.29. The number of carbonyl (C=O) groups is 1. The molecule has 1 unspecified atom stereocenters. The number of hydrogen-bond donors (Lipinski definition) is 1. The van der Waals surface area contributed by atoms with Crippen LogP contribution in [0.2, 0.25) is 0 Å². The summed E-state index contributed by atoms with van der Waals surface area (Å²) < 4.78 is 28.5. The Balaban J connectivity index is 1.38. The molecule has 0 aliphatic carbocycles. The van der Waals surface area contributed by atoms with Gasteiger partial charge in [0.25, 0.3) is 0 Å². The highest BCUT2D eigenvalue weighted by Gasteiger charge is 2.36. The topological polar surface area (TPSA) is 85.2 Å². The van der Waals surface area contributed by atoms with Gasteiger partial charge in [-0.3, -0.25) is 9.80 Å². The summed E-state index contributed by atoms with van der Waals surface area (Å²) in [5.74, 6) is 1.82. The molecule has 1 amide bonds. The molecule has 11 heteroatoms. The molecule has 2 aromatic rings. The number of amidine groups is 1. The minimum Gasteiger partial charge on any atom is -0.488 e. The first kappa shape index (κ1) is 34.4. The molecule has 48 heavy (non-hydrogen) atoms. The Morgan fingerprint density at radius 1 is 1.19 bits per heavy atom. The number of allylic oxidation sites excluding steroid dienone is 2. The van der Waals surface area contributed by atoms with E-state index >= 15 is 4.39 Å². The third-order valence-electron chi connectivity index (χ3n) is 8.35. The molecule has 2 aromatic carbocycles. The van der Waals surface area contributed by atoms with Crippen LogP contribution < -0.4 is 19.7 Å². The van der Waals surface area contributed by atoms with Gasteiger partial charge in [-0.25, -0.2) is 9.38 Å². The fourth-order valence-corrected chi connectivity index (χ4v) is 5.80. The molecule has 0 aromatic heterocycles. The summed E-state index contributed by atoms with van der Waals surface area (Å²) in [5.41, 5.74) is 3.30. The first-order valence-corrected chi connectivity index (χ1v) is 16.4. The van der Waals surface area contributed by atoms with Crippen LogP contribution in [0.5, 0.6) is 11.5 Å². The minimum atomic E-state index is -0.430. The van der Waals surface area contributed by atoms with Gasteiger partial charge in [-0.15, -0.1) is 0 Å². The number of nitrogens with zero attached hydrogens (tertiary/aromatic N) is 6. The molecule has 5 rings (SSSR count). The molecule has 0 saturated carbocycles. The van der Waals surface area contributed by atoms with Gasteiger partial charge in [-0.1, -0.05) is 25.1 Å². The molecular formula is C37H46FN7O3. The van der Waals surface area contributed by atoms with Crippen molar-refractivity contribution in [2.45, 2.75) is 40.2 Å². The summed E-state index contributed by atoms with van der Waals surface area (Å²) in [7, 11) is 3.95. The van der Waals surface area contributed by atoms with Crippen molar-refractivity contribution in [1.29, 1.82) is 0 Å². The Morgan fingerprint density at radius 3 is 2.75 bits per heavy atom. The minimum absolute atomic E-state index is 0.0160. The molecule has 3 aliphatic rings. The van der Waals surface area contributed by atoms with E-state index in [0.29, 0.717) is 68.0 Å². The first-order valence-electron chi connectivity index (χ1n) is 16.4. The van der Waals surface area contributed by atoms with E-state index in [-0.39, 0.29) is 17.6 Å². The van der Waals surface area contributed by atoms with Crippen LogP contribution in [0.3, 0.4) is 0 Å². The lowest BCUT2D eigenvalue weighted by Gasteiger charge is -2.46. The van der Waals surface area contributed by atoms with Gasteiger partial charge in [0.05, 0.1) is 29.5 Å². The van der Waals surface area contributed by atoms with Gasteiger partial charge < -0.3 is 29.5 Å². The first-order chi connectivity index (χ1) is 23.2. The van der Waals surface area contributed by atoms with Gasteiger partial charge in [0.2, 0.25) is 5.91 Å². The molecule has 1 saturated heterocycles. The van der Waals surface area contributed by atoms with E-state index in [1.807, 2.05) is 75.2 Å². The van der Waals surface area contributed by atoms with Crippen LogP contribution >= 0.6 is 0 Å². The van der Waals surface area contributed by atoms with Crippen LogP contribution in [0.25, 0.3) is 0 Å². The number of carbonyl (C=O) groups excluding carboxylic acids is 1. The number of hydrogen-bond acceptors (Lipinski definition) is 8. The van der Waals surface area contributed by atoms with E-state index in [0.717, 1.165) is 23.2 Å². The van der Waals surface area contributed by atoms with Crippen LogP contribution in [0.15, 0.2) is 82.9 Å². The Hall–Kier alpha value is -4.90. The predicted octanol–water partition coefficient (Wildman–Crippen LogP) is 5.85. The Kier molecular flexibility index (Phi) is 11.3. The van der Waals surface area contributed by atoms with Crippen molar-refractivity contribution in [2.75, 3.05) is 63.6 Å². The monoisotopic (exact) mass is 655 g/mol. The Labute approximate surface area is 283 Å². The summed E-state index contributed by atoms with van der Waals surface area (Å²) in [6, 6.07) is 7.55. The number of piperazine rings is 1. The average molecular weight is 656 g/mol. The van der Waals surface area contributed by atoms with Crippen LogP contribution in [-0.4, -0.2) is 92.2 Å². The fourth-order valence-electron chi connectivity index (χ4n) is 5.80. The number of ether oxygens (including phenoxy) is 2. The second kappa shape index (κ2) is 15.8. The van der Waals surface area contributed by atoms with Crippen molar-refractivity contribution in [3.8, 4) is 11.5 Å². The molecule has 0 radical (unpaired) electrons. The molecular weight excluding hydrogens is 609 g/mol. The maximum absolute atomic E-state index is 16.0. The number of benzene rings is 2. The van der Waals surface area contributed by atoms with E-state index in [2.05, 4.69) is 21.4 Å². The zero-order valence-corrected chi connectivity index (χ0v) is 28.7. The third kappa shape index (κ3) is 7.96. The van der Waals surface area contributed by atoms with Crippen molar-refractivity contribution in [3.05, 3.63) is 95.3 Å². The highest BCUT2D eigenvalue weighted by Crippen LogP contribution is 2.40. The van der Waals surface area contributed by atoms with Gasteiger partial charge in [-0.2, -0.15) is 5.10 Å². The van der Waals surface area contributed by atoms with Crippen molar-refractivity contribution >= 4 is 29.3 Å². The van der Waals surface area contributed by atoms with E-state index in [1.54, 1.807) is 48.6 Å². The summed E-state index contributed by atoms with van der Waals surface area (Å²) >= 11 is 0. The fraction of sp³-hybridized carbons (Fsp3) is 0.378. The number of amides is 1. The normalized spacial score (nSPS) is 18.1. The largest absolute Gasteiger partial charge is 0.488 e. The van der Waals surface area contributed by atoms with Crippen LogP contribution in [0.4, 0.5) is 15.8 Å². The Bertz CT molecular complexity index is 1680. The number of hydrazone groups is 1. The van der Waals surface area contributed by atoms with E-state index in [1.165, 1.54) is 0 Å². The lowest BCUT2D eigenvalue weighted by Crippen LogP contribution is -2.58.